The molecule has 1 saturated carbocycles. The van der Waals surface area contributed by atoms with Gasteiger partial charge in [-0.1, -0.05) is 44.2 Å². The topological polar surface area (TPSA) is 46.3 Å². The minimum absolute atomic E-state index is 0.0781. The lowest BCUT2D eigenvalue weighted by atomic mass is 10.1. The molecule has 1 aromatic rings. The van der Waals surface area contributed by atoms with Crippen LogP contribution in [0, 0.1) is 5.92 Å². The average Bonchev–Trinajstić information content (AvgIpc) is 3.23. The van der Waals surface area contributed by atoms with Gasteiger partial charge in [-0.05, 0) is 30.7 Å². The number of benzene rings is 1. The van der Waals surface area contributed by atoms with E-state index < -0.39 is 6.04 Å². The van der Waals surface area contributed by atoms with Crippen molar-refractivity contribution in [3.8, 4) is 0 Å². The maximum Gasteiger partial charge on any atom is 0.244 e. The number of carbonyl (C=O) groups is 1. The van der Waals surface area contributed by atoms with Crippen LogP contribution in [0.3, 0.4) is 0 Å². The van der Waals surface area contributed by atoms with Crippen molar-refractivity contribution < 1.29 is 4.79 Å². The molecule has 0 heterocycles. The molecule has 104 valence electrons. The molecule has 1 aliphatic rings. The summed E-state index contributed by atoms with van der Waals surface area (Å²) in [5, 5.41) is 0. The largest absolute Gasteiger partial charge is 0.338 e. The second kappa shape index (κ2) is 6.20. The van der Waals surface area contributed by atoms with Crippen molar-refractivity contribution in [2.45, 2.75) is 45.2 Å². The highest BCUT2D eigenvalue weighted by Crippen LogP contribution is 2.29. The Morgan fingerprint density at radius 1 is 1.32 bits per heavy atom. The van der Waals surface area contributed by atoms with Gasteiger partial charge in [0, 0.05) is 12.6 Å². The SMILES string of the molecule is CC(C)CCN(C(=O)[C@H](N)c1ccccc1)C1CC1. The van der Waals surface area contributed by atoms with Gasteiger partial charge in [-0.25, -0.2) is 0 Å². The number of amides is 1. The van der Waals surface area contributed by atoms with E-state index in [0.29, 0.717) is 12.0 Å². The summed E-state index contributed by atoms with van der Waals surface area (Å²) in [6.45, 7) is 5.21. The molecule has 0 unspecified atom stereocenters. The molecule has 1 amide bonds. The molecule has 0 bridgehead atoms. The van der Waals surface area contributed by atoms with Crippen LogP contribution in [0.2, 0.25) is 0 Å². The van der Waals surface area contributed by atoms with Gasteiger partial charge in [0.2, 0.25) is 5.91 Å². The fraction of sp³-hybridized carbons (Fsp3) is 0.562. The first-order valence-corrected chi connectivity index (χ1v) is 7.20. The number of hydrogen-bond acceptors (Lipinski definition) is 2. The molecule has 0 radical (unpaired) electrons. The Bertz CT molecular complexity index is 412. The van der Waals surface area contributed by atoms with Crippen LogP contribution < -0.4 is 5.73 Å². The monoisotopic (exact) mass is 260 g/mol. The summed E-state index contributed by atoms with van der Waals surface area (Å²) in [5.74, 6) is 0.691. The van der Waals surface area contributed by atoms with Gasteiger partial charge in [-0.15, -0.1) is 0 Å². The minimum atomic E-state index is -0.519. The van der Waals surface area contributed by atoms with Crippen LogP contribution in [0.15, 0.2) is 30.3 Å². The molecular weight excluding hydrogens is 236 g/mol. The Morgan fingerprint density at radius 2 is 1.95 bits per heavy atom. The molecule has 0 saturated heterocycles. The lowest BCUT2D eigenvalue weighted by Gasteiger charge is -2.26. The van der Waals surface area contributed by atoms with Crippen LogP contribution in [0.25, 0.3) is 0 Å². The molecule has 19 heavy (non-hydrogen) atoms. The summed E-state index contributed by atoms with van der Waals surface area (Å²) >= 11 is 0. The first kappa shape index (κ1) is 14.1. The number of carbonyl (C=O) groups excluding carboxylic acids is 1. The van der Waals surface area contributed by atoms with Gasteiger partial charge < -0.3 is 10.6 Å². The Labute approximate surface area is 115 Å². The van der Waals surface area contributed by atoms with Crippen molar-refractivity contribution in [2.75, 3.05) is 6.54 Å². The Hall–Kier alpha value is -1.35. The Balaban J connectivity index is 2.02. The van der Waals surface area contributed by atoms with Crippen molar-refractivity contribution in [1.82, 2.24) is 4.90 Å². The van der Waals surface area contributed by atoms with Crippen molar-refractivity contribution in [3.63, 3.8) is 0 Å². The maximum absolute atomic E-state index is 12.5. The average molecular weight is 260 g/mol. The van der Waals surface area contributed by atoms with Gasteiger partial charge >= 0.3 is 0 Å². The third kappa shape index (κ3) is 3.80. The van der Waals surface area contributed by atoms with Crippen LogP contribution in [0.4, 0.5) is 0 Å². The third-order valence-corrected chi connectivity index (χ3v) is 3.64. The van der Waals surface area contributed by atoms with Crippen LogP contribution in [-0.4, -0.2) is 23.4 Å². The van der Waals surface area contributed by atoms with Crippen molar-refractivity contribution in [2.24, 2.45) is 11.7 Å². The summed E-state index contributed by atoms with van der Waals surface area (Å²) in [6.07, 6.45) is 3.31. The van der Waals surface area contributed by atoms with Crippen LogP contribution in [0.1, 0.15) is 44.7 Å². The predicted molar refractivity (Wildman–Crippen MR) is 77.6 cm³/mol. The van der Waals surface area contributed by atoms with Gasteiger partial charge in [0.15, 0.2) is 0 Å². The summed E-state index contributed by atoms with van der Waals surface area (Å²) in [7, 11) is 0. The van der Waals surface area contributed by atoms with E-state index >= 15 is 0 Å². The molecule has 0 spiro atoms. The van der Waals surface area contributed by atoms with Gasteiger partial charge in [0.1, 0.15) is 6.04 Å². The summed E-state index contributed by atoms with van der Waals surface area (Å²) in [4.78, 5) is 14.5. The van der Waals surface area contributed by atoms with Gasteiger partial charge in [0.05, 0.1) is 0 Å². The lowest BCUT2D eigenvalue weighted by molar-refractivity contribution is -0.133. The van der Waals surface area contributed by atoms with Crippen LogP contribution in [-0.2, 0) is 4.79 Å². The minimum Gasteiger partial charge on any atom is -0.338 e. The summed E-state index contributed by atoms with van der Waals surface area (Å²) in [5.41, 5.74) is 7.03. The zero-order valence-electron chi connectivity index (χ0n) is 11.9. The zero-order chi connectivity index (χ0) is 13.8. The van der Waals surface area contributed by atoms with E-state index in [1.54, 1.807) is 0 Å². The normalized spacial score (nSPS) is 16.4. The first-order valence-electron chi connectivity index (χ1n) is 7.20. The Kier molecular flexibility index (Phi) is 4.59. The number of rotatable bonds is 6. The molecule has 2 N–H and O–H groups in total. The highest BCUT2D eigenvalue weighted by atomic mass is 16.2. The Morgan fingerprint density at radius 3 is 2.47 bits per heavy atom. The van der Waals surface area contributed by atoms with Crippen molar-refractivity contribution >= 4 is 5.91 Å². The number of hydrogen-bond donors (Lipinski definition) is 1. The molecular formula is C16H24N2O. The van der Waals surface area contributed by atoms with E-state index in [1.807, 2.05) is 35.2 Å². The van der Waals surface area contributed by atoms with E-state index in [2.05, 4.69) is 13.8 Å². The standard InChI is InChI=1S/C16H24N2O/c1-12(2)10-11-18(14-8-9-14)16(19)15(17)13-6-4-3-5-7-13/h3-7,12,14-15H,8-11,17H2,1-2H3/t15-/m1/s1. The summed E-state index contributed by atoms with van der Waals surface area (Å²) in [6, 6.07) is 9.57. The predicted octanol–water partition coefficient (Wildman–Crippen LogP) is 2.72. The van der Waals surface area contributed by atoms with E-state index in [9.17, 15) is 4.79 Å². The van der Waals surface area contributed by atoms with E-state index in [-0.39, 0.29) is 5.91 Å². The third-order valence-electron chi connectivity index (χ3n) is 3.64. The number of nitrogens with two attached hydrogens (primary N) is 1. The first-order chi connectivity index (χ1) is 9.09. The van der Waals surface area contributed by atoms with Crippen LogP contribution >= 0.6 is 0 Å². The van der Waals surface area contributed by atoms with Crippen LogP contribution in [0.5, 0.6) is 0 Å². The highest BCUT2D eigenvalue weighted by Gasteiger charge is 2.34. The molecule has 3 heteroatoms. The fourth-order valence-corrected chi connectivity index (χ4v) is 2.24. The lowest BCUT2D eigenvalue weighted by Crippen LogP contribution is -2.41. The van der Waals surface area contributed by atoms with E-state index in [0.717, 1.165) is 31.4 Å². The molecule has 1 atom stereocenters. The molecule has 2 rings (SSSR count). The van der Waals surface area contributed by atoms with Crippen molar-refractivity contribution in [3.05, 3.63) is 35.9 Å². The molecule has 3 nitrogen and oxygen atoms in total. The van der Waals surface area contributed by atoms with Gasteiger partial charge in [-0.3, -0.25) is 4.79 Å². The molecule has 0 aromatic heterocycles. The highest BCUT2D eigenvalue weighted by molar-refractivity contribution is 5.83. The second-order valence-corrected chi connectivity index (χ2v) is 5.83. The van der Waals surface area contributed by atoms with Gasteiger partial charge in [0.25, 0.3) is 0 Å². The molecule has 1 aliphatic carbocycles. The number of nitrogens with zero attached hydrogens (tertiary/aromatic N) is 1. The van der Waals surface area contributed by atoms with E-state index in [4.69, 9.17) is 5.73 Å². The molecule has 1 aromatic carbocycles. The molecule has 0 aliphatic heterocycles. The van der Waals surface area contributed by atoms with Crippen molar-refractivity contribution in [1.29, 1.82) is 0 Å². The molecule has 1 fully saturated rings. The second-order valence-electron chi connectivity index (χ2n) is 5.83. The maximum atomic E-state index is 12.5. The fourth-order valence-electron chi connectivity index (χ4n) is 2.24. The summed E-state index contributed by atoms with van der Waals surface area (Å²) < 4.78 is 0. The smallest absolute Gasteiger partial charge is 0.244 e. The zero-order valence-corrected chi connectivity index (χ0v) is 11.9. The van der Waals surface area contributed by atoms with E-state index in [1.165, 1.54) is 0 Å². The van der Waals surface area contributed by atoms with Gasteiger partial charge in [-0.2, -0.15) is 0 Å². The quantitative estimate of drug-likeness (QED) is 0.855.